The summed E-state index contributed by atoms with van der Waals surface area (Å²) >= 11 is 1.38. The van der Waals surface area contributed by atoms with E-state index in [1.807, 2.05) is 59.1 Å². The summed E-state index contributed by atoms with van der Waals surface area (Å²) in [5, 5.41) is 30.1. The fraction of sp³-hybridized carbons (Fsp3) is 0.422. The van der Waals surface area contributed by atoms with E-state index in [4.69, 9.17) is 23.7 Å². The van der Waals surface area contributed by atoms with Crippen LogP contribution < -0.4 is 45.0 Å². The van der Waals surface area contributed by atoms with Crippen molar-refractivity contribution in [2.45, 2.75) is 145 Å². The van der Waals surface area contributed by atoms with Crippen LogP contribution in [-0.2, 0) is 38.5 Å². The number of benzene rings is 3. The lowest BCUT2D eigenvalue weighted by atomic mass is 10.2. The van der Waals surface area contributed by atoms with Crippen LogP contribution in [0.5, 0.6) is 29.3 Å². The van der Waals surface area contributed by atoms with Crippen molar-refractivity contribution in [1.29, 1.82) is 0 Å². The fourth-order valence-electron chi connectivity index (χ4n) is 8.13. The molecule has 0 atom stereocenters. The van der Waals surface area contributed by atoms with E-state index >= 15 is 0 Å². The summed E-state index contributed by atoms with van der Waals surface area (Å²) in [6, 6.07) is 16.0. The summed E-state index contributed by atoms with van der Waals surface area (Å²) in [6.07, 6.45) is 6.10. The second-order valence-electron chi connectivity index (χ2n) is 20.3. The van der Waals surface area contributed by atoms with E-state index in [0.29, 0.717) is 79.0 Å². The smallest absolute Gasteiger partial charge is 0.416 e. The topological polar surface area (TPSA) is 247 Å². The van der Waals surface area contributed by atoms with E-state index in [9.17, 15) is 45.5 Å². The highest BCUT2D eigenvalue weighted by atomic mass is 32.1. The summed E-state index contributed by atoms with van der Waals surface area (Å²) in [6.45, 7) is 20.6. The molecule has 0 saturated heterocycles. The highest BCUT2D eigenvalue weighted by Gasteiger charge is 2.32. The van der Waals surface area contributed by atoms with Crippen LogP contribution in [0.2, 0.25) is 0 Å². The normalized spacial score (nSPS) is 11.0. The number of methoxy groups -OCH3 is 1. The van der Waals surface area contributed by atoms with Crippen LogP contribution in [0.15, 0.2) is 109 Å². The molecule has 22 nitrogen and oxygen atoms in total. The van der Waals surface area contributed by atoms with Crippen molar-refractivity contribution in [1.82, 2.24) is 44.1 Å². The molecule has 504 valence electrons. The first-order valence-electron chi connectivity index (χ1n) is 30.6. The molecule has 0 aliphatic rings. The standard InChI is InChI=1S/2C17H20F3N3O2.C17H23N3O3.C13H18N4O2S/c1-3-9-23-11-14(16(22-23)25-10-4-2)15(24)21-13-7-5-12(6-8-13)17(18,19)20;1-3-8-23-11-14(16(22-23)25-9-4-2)15(24)21-13-7-5-6-12(10-13)17(18,19)20;1-4-10-20-12-13(17(19-20)23-11-5-2)16(21)18-14-8-6-7-9-15(14)22-3;1-3-6-17-9-10(12(16-17)19-7-4-2)11(18)15-13-14-5-8-20-13/h5-8,11H,3-4,9-10H2,1-2H3,(H,21,24);5-7,10-11H,3-4,8-9H2,1-2H3,(H,21,24);6-9,12H,4-5,10-11H2,1-3H3,(H,18,21);5,8-9H,3-4,6-7H2,1-2H3,(H,14,15,18). The molecule has 0 bridgehead atoms. The minimum atomic E-state index is -4.47. The number of ether oxygens (including phenoxy) is 5. The number of amides is 4. The van der Waals surface area contributed by atoms with E-state index in [2.05, 4.69) is 60.5 Å². The molecule has 0 radical (unpaired) electrons. The molecular weight excluding hydrogens is 1240 g/mol. The predicted molar refractivity (Wildman–Crippen MR) is 343 cm³/mol. The monoisotopic (exact) mass is 1320 g/mol. The van der Waals surface area contributed by atoms with Gasteiger partial charge in [0.2, 0.25) is 23.5 Å². The zero-order chi connectivity index (χ0) is 67.9. The molecule has 29 heteroatoms. The van der Waals surface area contributed by atoms with Crippen LogP contribution in [-0.4, -0.2) is 101 Å². The van der Waals surface area contributed by atoms with E-state index in [0.717, 1.165) is 88.7 Å². The number of para-hydroxylation sites is 2. The minimum absolute atomic E-state index is 0.0597. The quantitative estimate of drug-likeness (QED) is 0.0319. The lowest BCUT2D eigenvalue weighted by Gasteiger charge is -2.10. The maximum absolute atomic E-state index is 12.8. The summed E-state index contributed by atoms with van der Waals surface area (Å²) in [5.74, 6) is 0.219. The number of rotatable bonds is 29. The third-order valence-corrected chi connectivity index (χ3v) is 13.1. The van der Waals surface area contributed by atoms with Gasteiger partial charge in [-0.25, -0.2) is 4.98 Å². The highest BCUT2D eigenvalue weighted by molar-refractivity contribution is 7.13. The summed E-state index contributed by atoms with van der Waals surface area (Å²) in [5.41, 5.74) is 0.667. The number of alkyl halides is 6. The second-order valence-corrected chi connectivity index (χ2v) is 21.2. The number of anilines is 4. The van der Waals surface area contributed by atoms with Gasteiger partial charge in [0.15, 0.2) is 5.13 Å². The summed E-state index contributed by atoms with van der Waals surface area (Å²) in [4.78, 5) is 53.7. The molecule has 4 amide bonds. The fourth-order valence-corrected chi connectivity index (χ4v) is 8.66. The molecule has 5 heterocycles. The van der Waals surface area contributed by atoms with Gasteiger partial charge in [-0.05, 0) is 106 Å². The number of hydrogen-bond acceptors (Lipinski definition) is 15. The van der Waals surface area contributed by atoms with Gasteiger partial charge in [0.25, 0.3) is 23.6 Å². The van der Waals surface area contributed by atoms with Crippen molar-refractivity contribution in [3.05, 3.63) is 143 Å². The van der Waals surface area contributed by atoms with Gasteiger partial charge in [-0.1, -0.05) is 73.6 Å². The largest absolute Gasteiger partial charge is 0.495 e. The third kappa shape index (κ3) is 23.7. The number of carbonyl (C=O) groups excluding carboxylic acids is 4. The maximum Gasteiger partial charge on any atom is 0.416 e. The van der Waals surface area contributed by atoms with Crippen LogP contribution in [0.4, 0.5) is 48.5 Å². The molecule has 0 spiro atoms. The Morgan fingerprint density at radius 2 is 0.839 bits per heavy atom. The summed E-state index contributed by atoms with van der Waals surface area (Å²) < 4.78 is 110. The van der Waals surface area contributed by atoms with Crippen molar-refractivity contribution < 1.29 is 69.2 Å². The SMILES string of the molecule is CCCOc1nn(CCC)cc1C(=O)Nc1ccc(C(F)(F)F)cc1.CCCOc1nn(CCC)cc1C(=O)Nc1cccc(C(F)(F)F)c1.CCCOc1nn(CCC)cc1C(=O)Nc1ccccc1OC.CCCOc1nn(CCC)cc1C(=O)Nc1nccs1. The number of carbonyl (C=O) groups is 4. The Hall–Kier alpha value is -9.41. The molecule has 0 fully saturated rings. The van der Waals surface area contributed by atoms with Crippen LogP contribution in [0, 0.1) is 0 Å². The van der Waals surface area contributed by atoms with Gasteiger partial charge in [-0.3, -0.25) is 43.2 Å². The number of thiazole rings is 1. The van der Waals surface area contributed by atoms with E-state index in [1.54, 1.807) is 62.8 Å². The van der Waals surface area contributed by atoms with Crippen LogP contribution in [0.25, 0.3) is 0 Å². The van der Waals surface area contributed by atoms with Crippen molar-refractivity contribution in [2.24, 2.45) is 0 Å². The first-order chi connectivity index (χ1) is 44.6. The minimum Gasteiger partial charge on any atom is -0.495 e. The number of halogens is 6. The van der Waals surface area contributed by atoms with Gasteiger partial charge in [-0.15, -0.1) is 31.7 Å². The molecule has 0 aliphatic carbocycles. The number of nitrogens with one attached hydrogen (secondary N) is 4. The number of nitrogens with zero attached hydrogens (tertiary/aromatic N) is 9. The molecular formula is C64H81F6N13O9S. The molecule has 4 N–H and O–H groups in total. The molecule has 93 heavy (non-hydrogen) atoms. The van der Waals surface area contributed by atoms with Gasteiger partial charge in [-0.2, -0.15) is 26.3 Å². The molecule has 0 aliphatic heterocycles. The van der Waals surface area contributed by atoms with Gasteiger partial charge in [0, 0.05) is 73.9 Å². The van der Waals surface area contributed by atoms with E-state index in [1.165, 1.54) is 41.8 Å². The number of aromatic nitrogens is 9. The van der Waals surface area contributed by atoms with Crippen LogP contribution in [0.1, 0.15) is 159 Å². The van der Waals surface area contributed by atoms with Gasteiger partial charge < -0.3 is 39.6 Å². The second kappa shape index (κ2) is 37.8. The molecule has 0 saturated carbocycles. The third-order valence-electron chi connectivity index (χ3n) is 12.4. The molecule has 0 unspecified atom stereocenters. The van der Waals surface area contributed by atoms with Crippen molar-refractivity contribution in [2.75, 3.05) is 54.8 Å². The Kier molecular flexibility index (Phi) is 30.2. The summed E-state index contributed by atoms with van der Waals surface area (Å²) in [7, 11) is 1.57. The lowest BCUT2D eigenvalue weighted by molar-refractivity contribution is -0.138. The van der Waals surface area contributed by atoms with Gasteiger partial charge in [0.05, 0.1) is 50.4 Å². The highest BCUT2D eigenvalue weighted by Crippen LogP contribution is 2.33. The Bertz CT molecular complexity index is 3570. The average molecular weight is 1320 g/mol. The van der Waals surface area contributed by atoms with E-state index < -0.39 is 35.3 Å². The Morgan fingerprint density at radius 1 is 0.452 bits per heavy atom. The molecule has 8 aromatic rings. The van der Waals surface area contributed by atoms with Crippen molar-refractivity contribution >= 4 is 57.2 Å². The van der Waals surface area contributed by atoms with E-state index in [-0.39, 0.29) is 46.1 Å². The van der Waals surface area contributed by atoms with Gasteiger partial charge >= 0.3 is 12.4 Å². The number of aryl methyl sites for hydroxylation is 4. The molecule has 3 aromatic carbocycles. The van der Waals surface area contributed by atoms with Gasteiger partial charge in [0.1, 0.15) is 28.0 Å². The molecule has 5 aromatic heterocycles. The Balaban J connectivity index is 0.000000226. The van der Waals surface area contributed by atoms with Crippen molar-refractivity contribution in [3.63, 3.8) is 0 Å². The maximum atomic E-state index is 12.8. The number of hydrogen-bond donors (Lipinski definition) is 4. The first-order valence-corrected chi connectivity index (χ1v) is 31.4. The Labute approximate surface area is 540 Å². The molecule has 8 rings (SSSR count). The van der Waals surface area contributed by atoms with Crippen LogP contribution in [0.3, 0.4) is 0 Å². The predicted octanol–water partition coefficient (Wildman–Crippen LogP) is 14.8. The Morgan fingerprint density at radius 3 is 1.20 bits per heavy atom. The van der Waals surface area contributed by atoms with Crippen LogP contribution >= 0.6 is 11.3 Å². The lowest BCUT2D eigenvalue weighted by Crippen LogP contribution is -2.14. The zero-order valence-electron chi connectivity index (χ0n) is 53.6. The zero-order valence-corrected chi connectivity index (χ0v) is 54.4. The average Bonchev–Trinajstić information content (AvgIpc) is 1.98. The van der Waals surface area contributed by atoms with Crippen molar-refractivity contribution in [3.8, 4) is 29.3 Å². The first kappa shape index (κ1) is 74.3.